The third-order valence-corrected chi connectivity index (χ3v) is 2.53. The Bertz CT molecular complexity index is 347. The highest BCUT2D eigenvalue weighted by Gasteiger charge is 2.05. The van der Waals surface area contributed by atoms with Crippen LogP contribution in [0.25, 0.3) is 6.08 Å². The summed E-state index contributed by atoms with van der Waals surface area (Å²) in [6, 6.07) is 3.64. The second-order valence-corrected chi connectivity index (χ2v) is 3.83. The van der Waals surface area contributed by atoms with Gasteiger partial charge in [0, 0.05) is 12.1 Å². The summed E-state index contributed by atoms with van der Waals surface area (Å²) >= 11 is 3.19. The molecule has 0 radical (unpaired) electrons. The highest BCUT2D eigenvalue weighted by Crippen LogP contribution is 2.22. The average Bonchev–Trinajstić information content (AvgIpc) is 2.20. The van der Waals surface area contributed by atoms with Crippen LogP contribution in [-0.4, -0.2) is 6.54 Å². The molecule has 0 heterocycles. The van der Waals surface area contributed by atoms with E-state index in [9.17, 15) is 4.39 Å². The minimum atomic E-state index is -0.230. The lowest BCUT2D eigenvalue weighted by atomic mass is 10.1. The molecule has 0 fully saturated rings. The van der Waals surface area contributed by atoms with Crippen molar-refractivity contribution in [1.29, 1.82) is 0 Å². The molecule has 76 valence electrons. The normalized spacial score (nSPS) is 11.1. The molecule has 0 aliphatic carbocycles. The number of nitrogens with two attached hydrogens (primary N) is 1. The Morgan fingerprint density at radius 1 is 1.50 bits per heavy atom. The first-order valence-corrected chi connectivity index (χ1v) is 5.32. The zero-order valence-electron chi connectivity index (χ0n) is 8.06. The molecule has 3 heteroatoms. The fourth-order valence-electron chi connectivity index (χ4n) is 1.19. The zero-order valence-corrected chi connectivity index (χ0v) is 9.64. The minimum absolute atomic E-state index is 0.230. The zero-order chi connectivity index (χ0) is 10.6. The summed E-state index contributed by atoms with van der Waals surface area (Å²) < 4.78 is 14.0. The number of hydrogen-bond acceptors (Lipinski definition) is 1. The monoisotopic (exact) mass is 257 g/mol. The van der Waals surface area contributed by atoms with Crippen LogP contribution in [0.15, 0.2) is 22.7 Å². The van der Waals surface area contributed by atoms with E-state index in [2.05, 4.69) is 15.9 Å². The standard InChI is InChI=1S/C11H13BrFN/c1-2-8-6-9(4-3-5-14)11(13)10(12)7-8/h3-4,6-7H,2,5,14H2,1H3/b4-3+. The van der Waals surface area contributed by atoms with Gasteiger partial charge >= 0.3 is 0 Å². The van der Waals surface area contributed by atoms with Crippen molar-refractivity contribution in [3.05, 3.63) is 39.6 Å². The molecule has 0 saturated carbocycles. The summed E-state index contributed by atoms with van der Waals surface area (Å²) in [6.45, 7) is 2.46. The maximum absolute atomic E-state index is 13.5. The van der Waals surface area contributed by atoms with Gasteiger partial charge in [-0.15, -0.1) is 0 Å². The van der Waals surface area contributed by atoms with Gasteiger partial charge < -0.3 is 5.73 Å². The number of rotatable bonds is 3. The molecule has 1 rings (SSSR count). The van der Waals surface area contributed by atoms with E-state index in [1.165, 1.54) is 0 Å². The van der Waals surface area contributed by atoms with Crippen molar-refractivity contribution in [1.82, 2.24) is 0 Å². The van der Waals surface area contributed by atoms with Crippen molar-refractivity contribution in [3.63, 3.8) is 0 Å². The lowest BCUT2D eigenvalue weighted by molar-refractivity contribution is 0.617. The van der Waals surface area contributed by atoms with Crippen LogP contribution in [0, 0.1) is 5.82 Å². The number of benzene rings is 1. The predicted octanol–water partition coefficient (Wildman–Crippen LogP) is 3.12. The van der Waals surface area contributed by atoms with Gasteiger partial charge in [0.2, 0.25) is 0 Å². The third-order valence-electron chi connectivity index (χ3n) is 1.96. The first kappa shape index (κ1) is 11.4. The molecular weight excluding hydrogens is 245 g/mol. The quantitative estimate of drug-likeness (QED) is 0.885. The molecule has 0 bridgehead atoms. The van der Waals surface area contributed by atoms with Gasteiger partial charge in [-0.05, 0) is 40.0 Å². The van der Waals surface area contributed by atoms with Crippen LogP contribution in [0.3, 0.4) is 0 Å². The molecule has 0 spiro atoms. The molecule has 1 nitrogen and oxygen atoms in total. The fourth-order valence-corrected chi connectivity index (χ4v) is 1.71. The molecule has 14 heavy (non-hydrogen) atoms. The largest absolute Gasteiger partial charge is 0.327 e. The lowest BCUT2D eigenvalue weighted by Gasteiger charge is -2.03. The van der Waals surface area contributed by atoms with Crippen LogP contribution >= 0.6 is 15.9 Å². The number of hydrogen-bond donors (Lipinski definition) is 1. The van der Waals surface area contributed by atoms with Crippen molar-refractivity contribution in [2.75, 3.05) is 6.54 Å². The van der Waals surface area contributed by atoms with Crippen LogP contribution in [0.5, 0.6) is 0 Å². The highest BCUT2D eigenvalue weighted by molar-refractivity contribution is 9.10. The molecule has 0 aromatic heterocycles. The van der Waals surface area contributed by atoms with E-state index in [1.807, 2.05) is 13.0 Å². The Hall–Kier alpha value is -0.670. The summed E-state index contributed by atoms with van der Waals surface area (Å²) in [4.78, 5) is 0. The van der Waals surface area contributed by atoms with Gasteiger partial charge in [-0.1, -0.05) is 19.1 Å². The summed E-state index contributed by atoms with van der Waals surface area (Å²) in [5.41, 5.74) is 7.01. The van der Waals surface area contributed by atoms with E-state index in [0.29, 0.717) is 16.6 Å². The minimum Gasteiger partial charge on any atom is -0.327 e. The second kappa shape index (κ2) is 5.27. The predicted molar refractivity (Wildman–Crippen MR) is 61.6 cm³/mol. The maximum atomic E-state index is 13.5. The van der Waals surface area contributed by atoms with Crippen LogP contribution in [0.2, 0.25) is 0 Å². The summed E-state index contributed by atoms with van der Waals surface area (Å²) in [6.07, 6.45) is 4.34. The van der Waals surface area contributed by atoms with E-state index >= 15 is 0 Å². The Morgan fingerprint density at radius 2 is 2.21 bits per heavy atom. The van der Waals surface area contributed by atoms with Crippen molar-refractivity contribution in [3.8, 4) is 0 Å². The Balaban J connectivity index is 3.13. The highest BCUT2D eigenvalue weighted by atomic mass is 79.9. The Kier molecular flexibility index (Phi) is 4.29. The smallest absolute Gasteiger partial charge is 0.144 e. The topological polar surface area (TPSA) is 26.0 Å². The summed E-state index contributed by atoms with van der Waals surface area (Å²) in [7, 11) is 0. The van der Waals surface area contributed by atoms with Crippen LogP contribution in [0.1, 0.15) is 18.1 Å². The molecule has 0 aliphatic rings. The SMILES string of the molecule is CCc1cc(Br)c(F)c(/C=C/CN)c1. The Morgan fingerprint density at radius 3 is 2.79 bits per heavy atom. The van der Waals surface area contributed by atoms with Crippen molar-refractivity contribution in [2.45, 2.75) is 13.3 Å². The Labute approximate surface area is 91.9 Å². The maximum Gasteiger partial charge on any atom is 0.144 e. The number of aryl methyl sites for hydroxylation is 1. The van der Waals surface area contributed by atoms with Gasteiger partial charge in [0.05, 0.1) is 4.47 Å². The molecule has 1 aromatic rings. The summed E-state index contributed by atoms with van der Waals surface area (Å²) in [5, 5.41) is 0. The molecule has 0 aliphatic heterocycles. The van der Waals surface area contributed by atoms with Crippen molar-refractivity contribution in [2.24, 2.45) is 5.73 Å². The van der Waals surface area contributed by atoms with Crippen LogP contribution < -0.4 is 5.73 Å². The van der Waals surface area contributed by atoms with Crippen LogP contribution in [-0.2, 0) is 6.42 Å². The van der Waals surface area contributed by atoms with E-state index in [0.717, 1.165) is 12.0 Å². The van der Waals surface area contributed by atoms with Gasteiger partial charge in [-0.2, -0.15) is 0 Å². The van der Waals surface area contributed by atoms with Gasteiger partial charge in [0.25, 0.3) is 0 Å². The fraction of sp³-hybridized carbons (Fsp3) is 0.273. The second-order valence-electron chi connectivity index (χ2n) is 2.97. The van der Waals surface area contributed by atoms with Crippen molar-refractivity contribution >= 4 is 22.0 Å². The van der Waals surface area contributed by atoms with Gasteiger partial charge in [0.1, 0.15) is 5.82 Å². The van der Waals surface area contributed by atoms with Crippen LogP contribution in [0.4, 0.5) is 4.39 Å². The third kappa shape index (κ3) is 2.66. The first-order chi connectivity index (χ1) is 6.69. The lowest BCUT2D eigenvalue weighted by Crippen LogP contribution is -1.94. The molecule has 0 atom stereocenters. The molecule has 0 amide bonds. The molecule has 2 N–H and O–H groups in total. The molecule has 1 aromatic carbocycles. The van der Waals surface area contributed by atoms with Crippen molar-refractivity contribution < 1.29 is 4.39 Å². The van der Waals surface area contributed by atoms with Gasteiger partial charge in [0.15, 0.2) is 0 Å². The first-order valence-electron chi connectivity index (χ1n) is 4.53. The number of halogens is 2. The average molecular weight is 258 g/mol. The molecule has 0 saturated heterocycles. The molecular formula is C11H13BrFN. The van der Waals surface area contributed by atoms with E-state index < -0.39 is 0 Å². The van der Waals surface area contributed by atoms with E-state index in [4.69, 9.17) is 5.73 Å². The van der Waals surface area contributed by atoms with E-state index in [1.54, 1.807) is 18.2 Å². The van der Waals surface area contributed by atoms with Gasteiger partial charge in [-0.3, -0.25) is 0 Å². The molecule has 0 unspecified atom stereocenters. The van der Waals surface area contributed by atoms with Gasteiger partial charge in [-0.25, -0.2) is 4.39 Å². The summed E-state index contributed by atoms with van der Waals surface area (Å²) in [5.74, 6) is -0.230. The van der Waals surface area contributed by atoms with E-state index in [-0.39, 0.29) is 5.82 Å².